The van der Waals surface area contributed by atoms with Crippen molar-refractivity contribution in [2.45, 2.75) is 13.0 Å². The maximum atomic E-state index is 12.7. The largest absolute Gasteiger partial charge is 0.489 e. The van der Waals surface area contributed by atoms with Crippen molar-refractivity contribution >= 4 is 33.0 Å². The summed E-state index contributed by atoms with van der Waals surface area (Å²) in [6.07, 6.45) is 2.51. The molecule has 10 heteroatoms. The molecule has 0 saturated heterocycles. The molecule has 0 spiro atoms. The fraction of sp³-hybridized carbons (Fsp3) is 0.211. The minimum Gasteiger partial charge on any atom is -0.489 e. The van der Waals surface area contributed by atoms with Crippen LogP contribution in [0.5, 0.6) is 5.75 Å². The van der Waals surface area contributed by atoms with Crippen LogP contribution in [0.4, 0.5) is 17.1 Å². The SMILES string of the molecule is C=CCOc1cccc(NC(=O)[C@@H](C)N(c2cccc([N+](=O)[O-])c2)S(C)(=O)=O)c1. The summed E-state index contributed by atoms with van der Waals surface area (Å²) in [6, 6.07) is 10.5. The minimum absolute atomic E-state index is 0.0208. The van der Waals surface area contributed by atoms with Crippen LogP contribution in [0.2, 0.25) is 0 Å². The first-order valence-electron chi connectivity index (χ1n) is 8.52. The number of nitro benzene ring substituents is 1. The summed E-state index contributed by atoms with van der Waals surface area (Å²) >= 11 is 0. The van der Waals surface area contributed by atoms with E-state index in [0.29, 0.717) is 18.0 Å². The van der Waals surface area contributed by atoms with Gasteiger partial charge in [0.05, 0.1) is 16.9 Å². The lowest BCUT2D eigenvalue weighted by atomic mass is 10.2. The average Bonchev–Trinajstić information content (AvgIpc) is 2.65. The minimum atomic E-state index is -3.90. The van der Waals surface area contributed by atoms with Gasteiger partial charge in [0, 0.05) is 23.9 Å². The van der Waals surface area contributed by atoms with Crippen molar-refractivity contribution in [3.63, 3.8) is 0 Å². The van der Waals surface area contributed by atoms with Crippen molar-refractivity contribution in [3.8, 4) is 5.75 Å². The molecule has 0 saturated carbocycles. The molecule has 154 valence electrons. The van der Waals surface area contributed by atoms with E-state index in [1.54, 1.807) is 30.3 Å². The second-order valence-corrected chi connectivity index (χ2v) is 7.99. The van der Waals surface area contributed by atoms with Gasteiger partial charge in [-0.2, -0.15) is 0 Å². The number of carbonyl (C=O) groups is 1. The molecule has 0 aliphatic carbocycles. The molecule has 0 bridgehead atoms. The van der Waals surface area contributed by atoms with Crippen LogP contribution in [-0.4, -0.2) is 38.2 Å². The van der Waals surface area contributed by atoms with Gasteiger partial charge in [-0.1, -0.05) is 24.8 Å². The summed E-state index contributed by atoms with van der Waals surface area (Å²) < 4.78 is 30.9. The molecular formula is C19H21N3O6S. The number of non-ortho nitro benzene ring substituents is 1. The van der Waals surface area contributed by atoms with Crippen LogP contribution < -0.4 is 14.4 Å². The molecule has 0 radical (unpaired) electrons. The van der Waals surface area contributed by atoms with Gasteiger partial charge >= 0.3 is 0 Å². The molecule has 9 nitrogen and oxygen atoms in total. The number of anilines is 2. The van der Waals surface area contributed by atoms with E-state index in [1.165, 1.54) is 25.1 Å². The van der Waals surface area contributed by atoms with E-state index < -0.39 is 26.9 Å². The third kappa shape index (κ3) is 5.79. The van der Waals surface area contributed by atoms with E-state index >= 15 is 0 Å². The number of ether oxygens (including phenoxy) is 1. The van der Waals surface area contributed by atoms with Gasteiger partial charge in [0.1, 0.15) is 18.4 Å². The highest BCUT2D eigenvalue weighted by molar-refractivity contribution is 7.92. The number of nitro groups is 1. The molecule has 2 rings (SSSR count). The summed E-state index contributed by atoms with van der Waals surface area (Å²) in [6.45, 7) is 5.25. The van der Waals surface area contributed by atoms with E-state index in [4.69, 9.17) is 4.74 Å². The lowest BCUT2D eigenvalue weighted by Crippen LogP contribution is -2.45. The lowest BCUT2D eigenvalue weighted by molar-refractivity contribution is -0.384. The zero-order valence-electron chi connectivity index (χ0n) is 15.9. The third-order valence-electron chi connectivity index (χ3n) is 3.85. The first-order valence-corrected chi connectivity index (χ1v) is 10.4. The van der Waals surface area contributed by atoms with Crippen LogP contribution >= 0.6 is 0 Å². The molecule has 1 amide bonds. The second-order valence-electron chi connectivity index (χ2n) is 6.13. The molecule has 0 aliphatic heterocycles. The molecule has 29 heavy (non-hydrogen) atoms. The standard InChI is InChI=1S/C19H21N3O6S/c1-4-11-28-18-10-5-7-15(12-18)20-19(23)14(2)21(29(3,26)27)16-8-6-9-17(13-16)22(24)25/h4-10,12-14H,1,11H2,2-3H3,(H,20,23)/t14-/m1/s1. The highest BCUT2D eigenvalue weighted by Crippen LogP contribution is 2.26. The number of amides is 1. The number of hydrogen-bond donors (Lipinski definition) is 1. The summed E-state index contributed by atoms with van der Waals surface area (Å²) in [7, 11) is -3.90. The zero-order valence-corrected chi connectivity index (χ0v) is 16.8. The number of rotatable bonds is 9. The number of hydrogen-bond acceptors (Lipinski definition) is 6. The quantitative estimate of drug-likeness (QED) is 0.379. The van der Waals surface area contributed by atoms with E-state index in [9.17, 15) is 23.3 Å². The normalized spacial score (nSPS) is 11.9. The van der Waals surface area contributed by atoms with Gasteiger partial charge in [-0.25, -0.2) is 8.42 Å². The smallest absolute Gasteiger partial charge is 0.271 e. The zero-order chi connectivity index (χ0) is 21.6. The molecule has 0 heterocycles. The topological polar surface area (TPSA) is 119 Å². The predicted octanol–water partition coefficient (Wildman–Crippen LogP) is 2.95. The summed E-state index contributed by atoms with van der Waals surface area (Å²) in [4.78, 5) is 23.1. The molecule has 0 aromatic heterocycles. The van der Waals surface area contributed by atoms with Gasteiger partial charge < -0.3 is 10.1 Å². The Morgan fingerprint density at radius 2 is 2.00 bits per heavy atom. The van der Waals surface area contributed by atoms with Crippen molar-refractivity contribution in [1.29, 1.82) is 0 Å². The Morgan fingerprint density at radius 3 is 2.62 bits per heavy atom. The van der Waals surface area contributed by atoms with Gasteiger partial charge in [0.25, 0.3) is 5.69 Å². The molecule has 0 unspecified atom stereocenters. The van der Waals surface area contributed by atoms with Crippen molar-refractivity contribution in [2.24, 2.45) is 0 Å². The van der Waals surface area contributed by atoms with Crippen LogP contribution in [-0.2, 0) is 14.8 Å². The number of nitrogens with one attached hydrogen (secondary N) is 1. The van der Waals surface area contributed by atoms with Gasteiger partial charge in [-0.3, -0.25) is 19.2 Å². The van der Waals surface area contributed by atoms with Crippen LogP contribution in [0.15, 0.2) is 61.2 Å². The predicted molar refractivity (Wildman–Crippen MR) is 111 cm³/mol. The monoisotopic (exact) mass is 419 g/mol. The molecule has 2 aromatic carbocycles. The number of sulfonamides is 1. The summed E-state index contributed by atoms with van der Waals surface area (Å²) in [5.41, 5.74) is 0.152. The Labute approximate surface area is 168 Å². The van der Waals surface area contributed by atoms with Gasteiger partial charge in [0.2, 0.25) is 15.9 Å². The summed E-state index contributed by atoms with van der Waals surface area (Å²) in [5, 5.41) is 13.7. The maximum Gasteiger partial charge on any atom is 0.271 e. The Morgan fingerprint density at radius 1 is 1.31 bits per heavy atom. The summed E-state index contributed by atoms with van der Waals surface area (Å²) in [5.74, 6) is -0.100. The van der Waals surface area contributed by atoms with E-state index in [1.807, 2.05) is 0 Å². The lowest BCUT2D eigenvalue weighted by Gasteiger charge is -2.28. The number of nitrogens with zero attached hydrogens (tertiary/aromatic N) is 2. The van der Waals surface area contributed by atoms with E-state index in [-0.39, 0.29) is 11.4 Å². The van der Waals surface area contributed by atoms with Gasteiger partial charge in [-0.15, -0.1) is 0 Å². The van der Waals surface area contributed by atoms with Crippen molar-refractivity contribution in [3.05, 3.63) is 71.3 Å². The third-order valence-corrected chi connectivity index (χ3v) is 5.09. The first kappa shape index (κ1) is 21.9. The Balaban J connectivity index is 2.29. The first-order chi connectivity index (χ1) is 13.6. The molecule has 0 aliphatic rings. The van der Waals surface area contributed by atoms with E-state index in [2.05, 4.69) is 11.9 Å². The fourth-order valence-corrected chi connectivity index (χ4v) is 3.78. The van der Waals surface area contributed by atoms with Crippen LogP contribution in [0.3, 0.4) is 0 Å². The number of carbonyl (C=O) groups excluding carboxylic acids is 1. The maximum absolute atomic E-state index is 12.7. The van der Waals surface area contributed by atoms with Crippen LogP contribution in [0.25, 0.3) is 0 Å². The fourth-order valence-electron chi connectivity index (χ4n) is 2.62. The van der Waals surface area contributed by atoms with Crippen molar-refractivity contribution in [1.82, 2.24) is 0 Å². The number of benzene rings is 2. The van der Waals surface area contributed by atoms with Crippen molar-refractivity contribution in [2.75, 3.05) is 22.5 Å². The molecule has 1 atom stereocenters. The van der Waals surface area contributed by atoms with Gasteiger partial charge in [0.15, 0.2) is 0 Å². The van der Waals surface area contributed by atoms with E-state index in [0.717, 1.165) is 16.6 Å². The second kappa shape index (κ2) is 9.20. The average molecular weight is 419 g/mol. The van der Waals surface area contributed by atoms with Gasteiger partial charge in [-0.05, 0) is 25.1 Å². The molecular weight excluding hydrogens is 398 g/mol. The highest BCUT2D eigenvalue weighted by atomic mass is 32.2. The Bertz CT molecular complexity index is 1020. The highest BCUT2D eigenvalue weighted by Gasteiger charge is 2.30. The van der Waals surface area contributed by atoms with Crippen LogP contribution in [0.1, 0.15) is 6.92 Å². The molecule has 0 fully saturated rings. The molecule has 1 N–H and O–H groups in total. The van der Waals surface area contributed by atoms with Crippen LogP contribution in [0, 0.1) is 10.1 Å². The van der Waals surface area contributed by atoms with Crippen molar-refractivity contribution < 1.29 is 22.9 Å². The molecule has 2 aromatic rings. The Kier molecular flexibility index (Phi) is 6.94. The Hall–Kier alpha value is -3.40.